The molecule has 1 aliphatic heterocycles. The molecule has 8 heteroatoms. The van der Waals surface area contributed by atoms with E-state index in [0.717, 1.165) is 28.2 Å². The number of hydrogen-bond acceptors (Lipinski definition) is 6. The van der Waals surface area contributed by atoms with Crippen LogP contribution in [0.25, 0.3) is 0 Å². The van der Waals surface area contributed by atoms with Crippen molar-refractivity contribution in [1.29, 1.82) is 0 Å². The van der Waals surface area contributed by atoms with E-state index >= 15 is 0 Å². The SMILES string of the molecule is COc1ccc(CSC2C(=O)N(Cc3ccccc3)C(SCc3ccc(OC)cc3)C(=O)N2C)cc1. The molecule has 1 aliphatic rings. The van der Waals surface area contributed by atoms with E-state index in [1.807, 2.05) is 78.9 Å². The van der Waals surface area contributed by atoms with Crippen LogP contribution < -0.4 is 9.47 Å². The second kappa shape index (κ2) is 12.2. The fraction of sp³-hybridized carbons (Fsp3) is 0.286. The van der Waals surface area contributed by atoms with Crippen LogP contribution in [0.2, 0.25) is 0 Å². The molecule has 1 heterocycles. The lowest BCUT2D eigenvalue weighted by Crippen LogP contribution is -2.61. The van der Waals surface area contributed by atoms with Gasteiger partial charge in [-0.05, 0) is 41.0 Å². The Balaban J connectivity index is 1.51. The van der Waals surface area contributed by atoms with Crippen LogP contribution in [0.15, 0.2) is 78.9 Å². The standard InChI is InChI=1S/C28H30N2O4S2/c1-29-25(31)28(36-19-22-11-15-24(34-3)16-12-22)30(17-20-7-5-4-6-8-20)26(32)27(29)35-18-21-9-13-23(33-2)14-10-21/h4-16,27-28H,17-19H2,1-3H3. The Labute approximate surface area is 221 Å². The van der Waals surface area contributed by atoms with Gasteiger partial charge < -0.3 is 19.3 Å². The summed E-state index contributed by atoms with van der Waals surface area (Å²) in [6.45, 7) is 0.388. The van der Waals surface area contributed by atoms with E-state index in [0.29, 0.717) is 18.1 Å². The fourth-order valence-corrected chi connectivity index (χ4v) is 6.28. The van der Waals surface area contributed by atoms with Gasteiger partial charge in [0.1, 0.15) is 11.5 Å². The lowest BCUT2D eigenvalue weighted by Gasteiger charge is -2.43. The molecule has 1 fully saturated rings. The number of hydrogen-bond donors (Lipinski definition) is 0. The fourth-order valence-electron chi connectivity index (χ4n) is 3.93. The highest BCUT2D eigenvalue weighted by Crippen LogP contribution is 2.34. The first-order valence-electron chi connectivity index (χ1n) is 11.6. The predicted octanol–water partition coefficient (Wildman–Crippen LogP) is 5.02. The molecule has 4 rings (SSSR count). The summed E-state index contributed by atoms with van der Waals surface area (Å²) in [6, 6.07) is 25.4. The summed E-state index contributed by atoms with van der Waals surface area (Å²) in [5, 5.41) is -1.18. The van der Waals surface area contributed by atoms with Crippen molar-refractivity contribution >= 4 is 35.3 Å². The van der Waals surface area contributed by atoms with Crippen LogP contribution in [0.5, 0.6) is 11.5 Å². The van der Waals surface area contributed by atoms with Crippen molar-refractivity contribution in [2.24, 2.45) is 0 Å². The highest BCUT2D eigenvalue weighted by Gasteiger charge is 2.44. The maximum absolute atomic E-state index is 13.8. The van der Waals surface area contributed by atoms with Crippen LogP contribution in [-0.2, 0) is 27.6 Å². The number of amides is 2. The smallest absolute Gasteiger partial charge is 0.257 e. The number of piperazine rings is 1. The highest BCUT2D eigenvalue weighted by molar-refractivity contribution is 8.00. The molecule has 2 atom stereocenters. The van der Waals surface area contributed by atoms with E-state index in [-0.39, 0.29) is 11.8 Å². The number of rotatable bonds is 10. The minimum Gasteiger partial charge on any atom is -0.497 e. The summed E-state index contributed by atoms with van der Waals surface area (Å²) in [7, 11) is 5.00. The molecule has 3 aromatic rings. The molecular weight excluding hydrogens is 492 g/mol. The van der Waals surface area contributed by atoms with Gasteiger partial charge in [-0.25, -0.2) is 0 Å². The van der Waals surface area contributed by atoms with E-state index in [4.69, 9.17) is 9.47 Å². The molecule has 3 aromatic carbocycles. The lowest BCUT2D eigenvalue weighted by atomic mass is 10.2. The van der Waals surface area contributed by atoms with Crippen molar-refractivity contribution in [1.82, 2.24) is 9.80 Å². The molecule has 0 spiro atoms. The Morgan fingerprint density at radius 3 is 1.67 bits per heavy atom. The van der Waals surface area contributed by atoms with Crippen LogP contribution in [0, 0.1) is 0 Å². The average molecular weight is 523 g/mol. The Hall–Kier alpha value is -3.10. The molecule has 6 nitrogen and oxygen atoms in total. The first kappa shape index (κ1) is 26.0. The molecule has 0 saturated carbocycles. The average Bonchev–Trinajstić information content (AvgIpc) is 2.92. The van der Waals surface area contributed by atoms with Gasteiger partial charge in [-0.1, -0.05) is 54.6 Å². The van der Waals surface area contributed by atoms with Crippen molar-refractivity contribution in [2.45, 2.75) is 28.8 Å². The number of methoxy groups -OCH3 is 2. The van der Waals surface area contributed by atoms with Crippen molar-refractivity contribution in [3.05, 3.63) is 95.6 Å². The van der Waals surface area contributed by atoms with Gasteiger partial charge in [0, 0.05) is 25.1 Å². The third-order valence-electron chi connectivity index (χ3n) is 6.02. The summed E-state index contributed by atoms with van der Waals surface area (Å²) in [4.78, 5) is 30.7. The maximum atomic E-state index is 13.8. The van der Waals surface area contributed by atoms with E-state index in [1.54, 1.807) is 31.1 Å². The van der Waals surface area contributed by atoms with Gasteiger partial charge in [0.05, 0.1) is 14.2 Å². The normalized spacial score (nSPS) is 17.9. The summed E-state index contributed by atoms with van der Waals surface area (Å²) in [5.41, 5.74) is 3.14. The molecule has 0 N–H and O–H groups in total. The predicted molar refractivity (Wildman–Crippen MR) is 146 cm³/mol. The first-order chi connectivity index (χ1) is 17.5. The van der Waals surface area contributed by atoms with Gasteiger partial charge in [-0.2, -0.15) is 0 Å². The largest absolute Gasteiger partial charge is 0.497 e. The van der Waals surface area contributed by atoms with Crippen molar-refractivity contribution < 1.29 is 19.1 Å². The van der Waals surface area contributed by atoms with Crippen LogP contribution in [0.4, 0.5) is 0 Å². The second-order valence-electron chi connectivity index (χ2n) is 8.42. The minimum atomic E-state index is -0.595. The topological polar surface area (TPSA) is 59.1 Å². The zero-order valence-corrected chi connectivity index (χ0v) is 22.3. The molecular formula is C28H30N2O4S2. The number of ether oxygens (including phenoxy) is 2. The van der Waals surface area contributed by atoms with Crippen molar-refractivity contribution in [2.75, 3.05) is 21.3 Å². The van der Waals surface area contributed by atoms with Crippen molar-refractivity contribution in [3.8, 4) is 11.5 Å². The van der Waals surface area contributed by atoms with Crippen LogP contribution in [0.3, 0.4) is 0 Å². The molecule has 1 saturated heterocycles. The van der Waals surface area contributed by atoms with Gasteiger partial charge in [-0.3, -0.25) is 9.59 Å². The Morgan fingerprint density at radius 1 is 0.667 bits per heavy atom. The summed E-state index contributed by atoms with van der Waals surface area (Å²) in [5.74, 6) is 2.69. The minimum absolute atomic E-state index is 0.0494. The zero-order valence-electron chi connectivity index (χ0n) is 20.6. The molecule has 0 aliphatic carbocycles. The van der Waals surface area contributed by atoms with Crippen LogP contribution in [-0.4, -0.2) is 53.6 Å². The molecule has 0 radical (unpaired) electrons. The molecule has 188 valence electrons. The van der Waals surface area contributed by atoms with Gasteiger partial charge in [0.2, 0.25) is 0 Å². The van der Waals surface area contributed by atoms with Gasteiger partial charge in [-0.15, -0.1) is 23.5 Å². The third kappa shape index (κ3) is 6.17. The number of nitrogens with zero attached hydrogens (tertiary/aromatic N) is 2. The number of carbonyl (C=O) groups is 2. The van der Waals surface area contributed by atoms with Gasteiger partial charge >= 0.3 is 0 Å². The van der Waals surface area contributed by atoms with Crippen LogP contribution >= 0.6 is 23.5 Å². The van der Waals surface area contributed by atoms with E-state index in [1.165, 1.54) is 23.5 Å². The number of likely N-dealkylation sites (N-methyl/N-ethyl adjacent to an activating group) is 1. The number of carbonyl (C=O) groups excluding carboxylic acids is 2. The number of benzene rings is 3. The summed E-state index contributed by atoms with van der Waals surface area (Å²) < 4.78 is 10.5. The van der Waals surface area contributed by atoms with Gasteiger partial charge in [0.25, 0.3) is 11.8 Å². The molecule has 36 heavy (non-hydrogen) atoms. The Kier molecular flexibility index (Phi) is 8.83. The van der Waals surface area contributed by atoms with Gasteiger partial charge in [0.15, 0.2) is 10.7 Å². The quantitative estimate of drug-likeness (QED) is 0.373. The third-order valence-corrected chi connectivity index (χ3v) is 8.62. The lowest BCUT2D eigenvalue weighted by molar-refractivity contribution is -0.152. The maximum Gasteiger partial charge on any atom is 0.257 e. The summed E-state index contributed by atoms with van der Waals surface area (Å²) >= 11 is 2.95. The second-order valence-corrected chi connectivity index (χ2v) is 10.6. The molecule has 0 aromatic heterocycles. The van der Waals surface area contributed by atoms with Crippen molar-refractivity contribution in [3.63, 3.8) is 0 Å². The molecule has 2 amide bonds. The molecule has 2 unspecified atom stereocenters. The Morgan fingerprint density at radius 2 is 1.17 bits per heavy atom. The molecule has 0 bridgehead atoms. The van der Waals surface area contributed by atoms with E-state index in [2.05, 4.69) is 0 Å². The summed E-state index contributed by atoms with van der Waals surface area (Å²) in [6.07, 6.45) is 0. The number of thioether (sulfide) groups is 2. The van der Waals surface area contributed by atoms with E-state index in [9.17, 15) is 9.59 Å². The van der Waals surface area contributed by atoms with Crippen LogP contribution in [0.1, 0.15) is 16.7 Å². The Bertz CT molecular complexity index is 1160. The zero-order chi connectivity index (χ0) is 25.5. The highest BCUT2D eigenvalue weighted by atomic mass is 32.2. The first-order valence-corrected chi connectivity index (χ1v) is 13.7. The van der Waals surface area contributed by atoms with E-state index < -0.39 is 10.7 Å². The monoisotopic (exact) mass is 522 g/mol.